The maximum Gasteiger partial charge on any atom is 0.436 e. The third-order valence-corrected chi connectivity index (χ3v) is 7.00. The van der Waals surface area contributed by atoms with Crippen LogP contribution in [0.25, 0.3) is 0 Å². The van der Waals surface area contributed by atoms with E-state index in [9.17, 15) is 31.2 Å². The van der Waals surface area contributed by atoms with Crippen molar-refractivity contribution in [3.8, 4) is 5.75 Å². The third kappa shape index (κ3) is 7.39. The topological polar surface area (TPSA) is 129 Å². The van der Waals surface area contributed by atoms with E-state index in [1.807, 2.05) is 0 Å². The number of carbonyl (C=O) groups is 2. The van der Waals surface area contributed by atoms with E-state index in [1.165, 1.54) is 23.9 Å². The molecule has 1 N–H and O–H groups in total. The minimum Gasteiger partial charge on any atom is -0.491 e. The van der Waals surface area contributed by atoms with Crippen LogP contribution < -0.4 is 15.0 Å². The molecule has 1 atom stereocenters. The molecule has 0 saturated carbocycles. The van der Waals surface area contributed by atoms with Crippen LogP contribution in [0.1, 0.15) is 50.5 Å². The van der Waals surface area contributed by atoms with Gasteiger partial charge in [0.2, 0.25) is 0 Å². The summed E-state index contributed by atoms with van der Waals surface area (Å²) in [7, 11) is -2.36. The maximum atomic E-state index is 14.0. The van der Waals surface area contributed by atoms with E-state index < -0.39 is 45.5 Å². The van der Waals surface area contributed by atoms with Gasteiger partial charge in [0, 0.05) is 13.1 Å². The predicted octanol–water partition coefficient (Wildman–Crippen LogP) is 3.55. The number of hydrogen-bond acceptors (Lipinski definition) is 9. The number of rotatable bonds is 11. The fourth-order valence-electron chi connectivity index (χ4n) is 4.49. The monoisotopic (exact) mass is 610 g/mol. The van der Waals surface area contributed by atoms with Crippen molar-refractivity contribution in [1.29, 1.82) is 0 Å². The summed E-state index contributed by atoms with van der Waals surface area (Å²) in [5, 5.41) is 6.36. The Balaban J connectivity index is 1.54. The SMILES string of the molecule is COC(=O)c1ccc([C@H](C)NC(=O)c2c(C(F)(F)F)nn3c2N(Cc2cccc(OCCOS(C)(=O)=O)c2)CC3)cc1. The molecule has 0 fully saturated rings. The van der Waals surface area contributed by atoms with Gasteiger partial charge in [-0.05, 0) is 42.3 Å². The zero-order chi connectivity index (χ0) is 30.7. The van der Waals surface area contributed by atoms with Crippen LogP contribution in [0.5, 0.6) is 5.75 Å². The number of halogens is 3. The summed E-state index contributed by atoms with van der Waals surface area (Å²) < 4.78 is 80.3. The second-order valence-corrected chi connectivity index (χ2v) is 11.2. The first-order valence-electron chi connectivity index (χ1n) is 12.7. The van der Waals surface area contributed by atoms with Gasteiger partial charge < -0.3 is 19.7 Å². The number of ether oxygens (including phenoxy) is 2. The lowest BCUT2D eigenvalue weighted by Gasteiger charge is -2.21. The summed E-state index contributed by atoms with van der Waals surface area (Å²) >= 11 is 0. The fraction of sp³-hybridized carbons (Fsp3) is 0.370. The molecule has 0 spiro atoms. The number of methoxy groups -OCH3 is 1. The average Bonchev–Trinajstić information content (AvgIpc) is 3.51. The Labute approximate surface area is 240 Å². The third-order valence-electron chi connectivity index (χ3n) is 6.40. The molecule has 15 heteroatoms. The fourth-order valence-corrected chi connectivity index (χ4v) is 4.86. The number of nitrogens with one attached hydrogen (secondary N) is 1. The van der Waals surface area contributed by atoms with Crippen molar-refractivity contribution in [2.24, 2.45) is 0 Å². The summed E-state index contributed by atoms with van der Waals surface area (Å²) in [5.74, 6) is -1.02. The number of benzene rings is 2. The molecule has 226 valence electrons. The van der Waals surface area contributed by atoms with Crippen LogP contribution in [0.3, 0.4) is 0 Å². The first-order chi connectivity index (χ1) is 19.8. The van der Waals surface area contributed by atoms with E-state index in [0.29, 0.717) is 29.0 Å². The van der Waals surface area contributed by atoms with Gasteiger partial charge in [-0.25, -0.2) is 9.48 Å². The maximum absolute atomic E-state index is 14.0. The molecule has 0 radical (unpaired) electrons. The highest BCUT2D eigenvalue weighted by molar-refractivity contribution is 7.85. The van der Waals surface area contributed by atoms with Crippen molar-refractivity contribution in [2.45, 2.75) is 32.2 Å². The zero-order valence-corrected chi connectivity index (χ0v) is 23.8. The molecule has 3 aromatic rings. The molecular formula is C27H29F3N4O7S. The molecule has 11 nitrogen and oxygen atoms in total. The molecule has 4 rings (SSSR count). The Kier molecular flexibility index (Phi) is 9.11. The molecule has 1 aliphatic rings. The molecule has 2 heterocycles. The van der Waals surface area contributed by atoms with Crippen molar-refractivity contribution >= 4 is 27.8 Å². The Morgan fingerprint density at radius 2 is 1.81 bits per heavy atom. The second kappa shape index (κ2) is 12.4. The Hall–Kier alpha value is -4.11. The lowest BCUT2D eigenvalue weighted by molar-refractivity contribution is -0.141. The van der Waals surface area contributed by atoms with Crippen LogP contribution in [0, 0.1) is 0 Å². The minimum atomic E-state index is -4.87. The lowest BCUT2D eigenvalue weighted by Crippen LogP contribution is -2.31. The number of anilines is 1. The highest BCUT2D eigenvalue weighted by Gasteiger charge is 2.44. The molecule has 1 aliphatic heterocycles. The van der Waals surface area contributed by atoms with Gasteiger partial charge in [0.05, 0.1) is 31.5 Å². The molecule has 42 heavy (non-hydrogen) atoms. The molecule has 0 unspecified atom stereocenters. The zero-order valence-electron chi connectivity index (χ0n) is 23.0. The van der Waals surface area contributed by atoms with Crippen molar-refractivity contribution in [3.05, 3.63) is 76.5 Å². The van der Waals surface area contributed by atoms with Gasteiger partial charge in [-0.2, -0.15) is 26.7 Å². The number of hydrogen-bond donors (Lipinski definition) is 1. The van der Waals surface area contributed by atoms with E-state index in [1.54, 1.807) is 48.2 Å². The van der Waals surface area contributed by atoms with E-state index in [-0.39, 0.29) is 32.1 Å². The van der Waals surface area contributed by atoms with Crippen LogP contribution in [0.2, 0.25) is 0 Å². The predicted molar refractivity (Wildman–Crippen MR) is 145 cm³/mol. The van der Waals surface area contributed by atoms with Crippen molar-refractivity contribution in [1.82, 2.24) is 15.1 Å². The first-order valence-corrected chi connectivity index (χ1v) is 14.6. The molecule has 2 aromatic carbocycles. The number of alkyl halides is 3. The number of esters is 1. The summed E-state index contributed by atoms with van der Waals surface area (Å²) in [4.78, 5) is 26.7. The van der Waals surface area contributed by atoms with Gasteiger partial charge in [-0.1, -0.05) is 24.3 Å². The second-order valence-electron chi connectivity index (χ2n) is 9.52. The van der Waals surface area contributed by atoms with Crippen LogP contribution in [-0.4, -0.2) is 63.2 Å². The molecule has 0 aliphatic carbocycles. The normalized spacial score (nSPS) is 13.9. The molecule has 1 aromatic heterocycles. The van der Waals surface area contributed by atoms with Crippen LogP contribution in [-0.2, 0) is 38.3 Å². The van der Waals surface area contributed by atoms with E-state index in [4.69, 9.17) is 4.74 Å². The van der Waals surface area contributed by atoms with Gasteiger partial charge >= 0.3 is 12.1 Å². The Bertz CT molecular complexity index is 1560. The summed E-state index contributed by atoms with van der Waals surface area (Å²) in [6.45, 7) is 2.03. The summed E-state index contributed by atoms with van der Waals surface area (Å²) in [5.41, 5.74) is -0.311. The smallest absolute Gasteiger partial charge is 0.436 e. The van der Waals surface area contributed by atoms with Crippen LogP contribution in [0.15, 0.2) is 48.5 Å². The van der Waals surface area contributed by atoms with Crippen LogP contribution >= 0.6 is 0 Å². The Morgan fingerprint density at radius 1 is 1.10 bits per heavy atom. The molecule has 0 bridgehead atoms. The average molecular weight is 611 g/mol. The minimum absolute atomic E-state index is 0.0319. The van der Waals surface area contributed by atoms with Gasteiger partial charge in [-0.15, -0.1) is 0 Å². The lowest BCUT2D eigenvalue weighted by atomic mass is 10.1. The van der Waals surface area contributed by atoms with E-state index in [2.05, 4.69) is 19.3 Å². The number of amides is 1. The van der Waals surface area contributed by atoms with Crippen molar-refractivity contribution in [2.75, 3.05) is 38.0 Å². The van der Waals surface area contributed by atoms with Gasteiger partial charge in [0.15, 0.2) is 5.69 Å². The molecule has 1 amide bonds. The standard InChI is InChI=1S/C27H29F3N4O7S/c1-17(19-7-9-20(10-8-19)26(36)39-2)31-24(35)22-23(27(28,29)30)32-34-12-11-33(25(22)34)16-18-5-4-6-21(15-18)40-13-14-41-42(3,37)38/h4-10,15,17H,11-14,16H2,1-3H3,(H,31,35)/t17-/m0/s1. The largest absolute Gasteiger partial charge is 0.491 e. The molecule has 0 saturated heterocycles. The van der Waals surface area contributed by atoms with Crippen molar-refractivity contribution in [3.63, 3.8) is 0 Å². The number of fused-ring (bicyclic) bond motifs is 1. The van der Waals surface area contributed by atoms with E-state index in [0.717, 1.165) is 6.26 Å². The number of aromatic nitrogens is 2. The highest BCUT2D eigenvalue weighted by atomic mass is 32.2. The number of nitrogens with zero attached hydrogens (tertiary/aromatic N) is 3. The summed E-state index contributed by atoms with van der Waals surface area (Å²) in [6, 6.07) is 12.2. The number of carbonyl (C=O) groups excluding carboxylic acids is 2. The van der Waals surface area contributed by atoms with Gasteiger partial charge in [0.25, 0.3) is 16.0 Å². The van der Waals surface area contributed by atoms with Gasteiger partial charge in [0.1, 0.15) is 30.3 Å². The summed E-state index contributed by atoms with van der Waals surface area (Å²) in [6.07, 6.45) is -3.94. The van der Waals surface area contributed by atoms with Crippen molar-refractivity contribution < 1.29 is 44.8 Å². The molecular weight excluding hydrogens is 581 g/mol. The first kappa shape index (κ1) is 30.8. The van der Waals surface area contributed by atoms with Gasteiger partial charge in [-0.3, -0.25) is 8.98 Å². The Morgan fingerprint density at radius 3 is 2.45 bits per heavy atom. The van der Waals surface area contributed by atoms with E-state index >= 15 is 0 Å². The quantitative estimate of drug-likeness (QED) is 0.197. The highest BCUT2D eigenvalue weighted by Crippen LogP contribution is 2.39. The van der Waals surface area contributed by atoms with Crippen LogP contribution in [0.4, 0.5) is 19.0 Å².